The van der Waals surface area contributed by atoms with Crippen LogP contribution in [-0.4, -0.2) is 15.2 Å². The predicted octanol–water partition coefficient (Wildman–Crippen LogP) is 2.62. The molecule has 0 radical (unpaired) electrons. The van der Waals surface area contributed by atoms with E-state index >= 15 is 0 Å². The number of nitrogens with one attached hydrogen (secondary N) is 1. The smallest absolute Gasteiger partial charge is 0.205 e. The Morgan fingerprint density at radius 2 is 2.27 bits per heavy atom. The van der Waals surface area contributed by atoms with Crippen LogP contribution in [0.15, 0.2) is 22.9 Å². The van der Waals surface area contributed by atoms with E-state index in [2.05, 4.69) is 36.4 Å². The fourth-order valence-electron chi connectivity index (χ4n) is 1.10. The van der Waals surface area contributed by atoms with Crippen LogP contribution in [0, 0.1) is 6.92 Å². The van der Waals surface area contributed by atoms with Gasteiger partial charge in [0, 0.05) is 23.4 Å². The summed E-state index contributed by atoms with van der Waals surface area (Å²) >= 11 is 4.92. The first-order chi connectivity index (χ1) is 7.24. The Hall–Kier alpha value is -1.01. The van der Waals surface area contributed by atoms with Crippen molar-refractivity contribution in [2.45, 2.75) is 13.5 Å². The molecule has 0 spiro atoms. The van der Waals surface area contributed by atoms with Crippen LogP contribution in [-0.2, 0) is 6.54 Å². The molecule has 2 heterocycles. The third kappa shape index (κ3) is 2.97. The number of halogens is 1. The molecule has 0 aromatic carbocycles. The van der Waals surface area contributed by atoms with Crippen molar-refractivity contribution in [1.29, 1.82) is 0 Å². The standard InChI is InChI=1S/C9H9BrN4S/c1-6-13-14-9(15-6)12-4-7-2-8(10)5-11-3-7/h2-3,5H,4H2,1H3,(H,12,14). The minimum atomic E-state index is 0.709. The van der Waals surface area contributed by atoms with Crippen molar-refractivity contribution in [3.05, 3.63) is 33.5 Å². The second-order valence-corrected chi connectivity index (χ2v) is 5.09. The molecule has 0 unspecified atom stereocenters. The Labute approximate surface area is 99.9 Å². The number of pyridine rings is 1. The molecule has 0 saturated heterocycles. The molecule has 0 fully saturated rings. The van der Waals surface area contributed by atoms with Crippen molar-refractivity contribution in [3.8, 4) is 0 Å². The van der Waals surface area contributed by atoms with Gasteiger partial charge < -0.3 is 5.32 Å². The predicted molar refractivity (Wildman–Crippen MR) is 63.9 cm³/mol. The Morgan fingerprint density at radius 3 is 2.93 bits per heavy atom. The van der Waals surface area contributed by atoms with Gasteiger partial charge in [0.25, 0.3) is 0 Å². The molecule has 0 aliphatic rings. The zero-order valence-electron chi connectivity index (χ0n) is 8.07. The number of hydrogen-bond acceptors (Lipinski definition) is 5. The van der Waals surface area contributed by atoms with Crippen LogP contribution >= 0.6 is 27.3 Å². The van der Waals surface area contributed by atoms with E-state index < -0.39 is 0 Å². The summed E-state index contributed by atoms with van der Waals surface area (Å²) < 4.78 is 0.982. The average molecular weight is 285 g/mol. The lowest BCUT2D eigenvalue weighted by molar-refractivity contribution is 1.02. The van der Waals surface area contributed by atoms with Crippen LogP contribution in [0.3, 0.4) is 0 Å². The normalized spacial score (nSPS) is 10.3. The molecule has 15 heavy (non-hydrogen) atoms. The maximum absolute atomic E-state index is 4.08. The van der Waals surface area contributed by atoms with Crippen LogP contribution < -0.4 is 5.32 Å². The SMILES string of the molecule is Cc1nnc(NCc2cncc(Br)c2)s1. The molecule has 0 bridgehead atoms. The molecule has 0 saturated carbocycles. The minimum absolute atomic E-state index is 0.709. The van der Waals surface area contributed by atoms with Crippen molar-refractivity contribution >= 4 is 32.4 Å². The van der Waals surface area contributed by atoms with E-state index in [4.69, 9.17) is 0 Å². The molecule has 2 aromatic rings. The molecule has 0 aliphatic heterocycles. The van der Waals surface area contributed by atoms with Crippen molar-refractivity contribution in [2.24, 2.45) is 0 Å². The van der Waals surface area contributed by atoms with Gasteiger partial charge in [-0.05, 0) is 34.5 Å². The quantitative estimate of drug-likeness (QED) is 0.941. The molecule has 2 aromatic heterocycles. The van der Waals surface area contributed by atoms with Crippen LogP contribution in [0.5, 0.6) is 0 Å². The summed E-state index contributed by atoms with van der Waals surface area (Å²) in [7, 11) is 0. The molecule has 78 valence electrons. The Kier molecular flexibility index (Phi) is 3.27. The fraction of sp³-hybridized carbons (Fsp3) is 0.222. The number of aromatic nitrogens is 3. The lowest BCUT2D eigenvalue weighted by Crippen LogP contribution is -1.99. The summed E-state index contributed by atoms with van der Waals surface area (Å²) in [5.74, 6) is 0. The first kappa shape index (κ1) is 10.5. The van der Waals surface area contributed by atoms with Crippen LogP contribution in [0.25, 0.3) is 0 Å². The average Bonchev–Trinajstić information content (AvgIpc) is 2.62. The number of rotatable bonds is 3. The Morgan fingerprint density at radius 1 is 1.40 bits per heavy atom. The third-order valence-corrected chi connectivity index (χ3v) is 2.96. The highest BCUT2D eigenvalue weighted by Crippen LogP contribution is 2.15. The van der Waals surface area contributed by atoms with Crippen molar-refractivity contribution < 1.29 is 0 Å². The summed E-state index contributed by atoms with van der Waals surface area (Å²) in [6.07, 6.45) is 3.59. The van der Waals surface area contributed by atoms with Gasteiger partial charge in [-0.1, -0.05) is 11.3 Å². The highest BCUT2D eigenvalue weighted by Gasteiger charge is 2.00. The van der Waals surface area contributed by atoms with E-state index in [-0.39, 0.29) is 0 Å². The molecule has 2 rings (SSSR count). The maximum Gasteiger partial charge on any atom is 0.205 e. The summed E-state index contributed by atoms with van der Waals surface area (Å²) in [6, 6.07) is 2.02. The van der Waals surface area contributed by atoms with Gasteiger partial charge >= 0.3 is 0 Å². The molecule has 1 N–H and O–H groups in total. The first-order valence-corrected chi connectivity index (χ1v) is 5.98. The van der Waals surface area contributed by atoms with Gasteiger partial charge in [-0.25, -0.2) is 0 Å². The van der Waals surface area contributed by atoms with Crippen LogP contribution in [0.4, 0.5) is 5.13 Å². The molecule has 6 heteroatoms. The highest BCUT2D eigenvalue weighted by molar-refractivity contribution is 9.10. The lowest BCUT2D eigenvalue weighted by atomic mass is 10.3. The largest absolute Gasteiger partial charge is 0.356 e. The Balaban J connectivity index is 1.99. The summed E-state index contributed by atoms with van der Waals surface area (Å²) in [4.78, 5) is 4.08. The Bertz CT molecular complexity index is 457. The molecular weight excluding hydrogens is 276 g/mol. The molecule has 0 amide bonds. The second-order valence-electron chi connectivity index (χ2n) is 2.99. The van der Waals surface area contributed by atoms with E-state index in [1.165, 1.54) is 0 Å². The third-order valence-electron chi connectivity index (χ3n) is 1.73. The number of aryl methyl sites for hydroxylation is 1. The number of nitrogens with zero attached hydrogens (tertiary/aromatic N) is 3. The van der Waals surface area contributed by atoms with Gasteiger partial charge in [-0.15, -0.1) is 10.2 Å². The van der Waals surface area contributed by atoms with Crippen molar-refractivity contribution in [3.63, 3.8) is 0 Å². The van der Waals surface area contributed by atoms with Crippen LogP contribution in [0.2, 0.25) is 0 Å². The molecular formula is C9H9BrN4S. The maximum atomic E-state index is 4.08. The van der Waals surface area contributed by atoms with Gasteiger partial charge in [-0.2, -0.15) is 0 Å². The van der Waals surface area contributed by atoms with E-state index in [1.54, 1.807) is 17.5 Å². The molecule has 0 atom stereocenters. The van der Waals surface area contributed by atoms with Gasteiger partial charge in [0.15, 0.2) is 0 Å². The van der Waals surface area contributed by atoms with E-state index in [0.717, 1.165) is 20.2 Å². The molecule has 4 nitrogen and oxygen atoms in total. The zero-order valence-corrected chi connectivity index (χ0v) is 10.5. The number of hydrogen-bond donors (Lipinski definition) is 1. The van der Waals surface area contributed by atoms with E-state index in [9.17, 15) is 0 Å². The van der Waals surface area contributed by atoms with Crippen molar-refractivity contribution in [1.82, 2.24) is 15.2 Å². The lowest BCUT2D eigenvalue weighted by Gasteiger charge is -2.01. The highest BCUT2D eigenvalue weighted by atomic mass is 79.9. The van der Waals surface area contributed by atoms with Gasteiger partial charge in [-0.3, -0.25) is 4.98 Å². The van der Waals surface area contributed by atoms with Gasteiger partial charge in [0.1, 0.15) is 5.01 Å². The molecule has 0 aliphatic carbocycles. The fourth-order valence-corrected chi connectivity index (χ4v) is 2.10. The van der Waals surface area contributed by atoms with Gasteiger partial charge in [0.05, 0.1) is 0 Å². The zero-order chi connectivity index (χ0) is 10.7. The van der Waals surface area contributed by atoms with E-state index in [1.807, 2.05) is 19.2 Å². The van der Waals surface area contributed by atoms with E-state index in [0.29, 0.717) is 6.54 Å². The summed E-state index contributed by atoms with van der Waals surface area (Å²) in [6.45, 7) is 2.64. The monoisotopic (exact) mass is 284 g/mol. The number of anilines is 1. The van der Waals surface area contributed by atoms with Gasteiger partial charge in [0.2, 0.25) is 5.13 Å². The first-order valence-electron chi connectivity index (χ1n) is 4.37. The van der Waals surface area contributed by atoms with Crippen LogP contribution in [0.1, 0.15) is 10.6 Å². The second kappa shape index (κ2) is 4.67. The summed E-state index contributed by atoms with van der Waals surface area (Å²) in [5.41, 5.74) is 1.11. The summed E-state index contributed by atoms with van der Waals surface area (Å²) in [5, 5.41) is 12.9. The minimum Gasteiger partial charge on any atom is -0.356 e. The topological polar surface area (TPSA) is 50.7 Å². The van der Waals surface area contributed by atoms with Crippen molar-refractivity contribution in [2.75, 3.05) is 5.32 Å².